The van der Waals surface area contributed by atoms with Crippen molar-refractivity contribution in [3.8, 4) is 0 Å². The molecule has 5 heteroatoms. The molecule has 0 bridgehead atoms. The van der Waals surface area contributed by atoms with Crippen LogP contribution in [0, 0.1) is 0 Å². The van der Waals surface area contributed by atoms with Gasteiger partial charge in [0.15, 0.2) is 5.78 Å². The molecule has 1 fully saturated rings. The molecule has 2 aromatic carbocycles. The van der Waals surface area contributed by atoms with Crippen LogP contribution in [-0.4, -0.2) is 50.0 Å². The van der Waals surface area contributed by atoms with E-state index in [-0.39, 0.29) is 29.8 Å². The van der Waals surface area contributed by atoms with Crippen LogP contribution < -0.4 is 24.0 Å². The molecule has 28 heavy (non-hydrogen) atoms. The number of halogens is 1. The minimum atomic E-state index is 0. The van der Waals surface area contributed by atoms with Crippen LogP contribution in [0.5, 0.6) is 0 Å². The Hall–Kier alpha value is -1.02. The third-order valence-corrected chi connectivity index (χ3v) is 6.18. The highest BCUT2D eigenvalue weighted by Gasteiger charge is 2.33. The number of carbonyl (C=O) groups is 1. The number of nitrogens with zero attached hydrogens (tertiary/aromatic N) is 1. The van der Waals surface area contributed by atoms with Crippen molar-refractivity contribution in [2.75, 3.05) is 39.7 Å². The Morgan fingerprint density at radius 1 is 0.750 bits per heavy atom. The van der Waals surface area contributed by atoms with Gasteiger partial charge >= 0.3 is 0 Å². The normalized spacial score (nSPS) is 18.9. The number of thioether (sulfide) groups is 2. The second-order valence-corrected chi connectivity index (χ2v) is 9.23. The molecule has 0 N–H and O–H groups in total. The molecule has 0 amide bonds. The molecule has 3 rings (SSSR count). The van der Waals surface area contributed by atoms with Gasteiger partial charge in [0.2, 0.25) is 0 Å². The van der Waals surface area contributed by atoms with Gasteiger partial charge < -0.3 is 28.5 Å². The Morgan fingerprint density at radius 2 is 1.11 bits per heavy atom. The highest BCUT2D eigenvalue weighted by Crippen LogP contribution is 2.26. The van der Waals surface area contributed by atoms with E-state index in [1.807, 2.05) is 0 Å². The Labute approximate surface area is 194 Å². The molecule has 0 spiro atoms. The van der Waals surface area contributed by atoms with Gasteiger partial charge in [-0.05, 0) is 60.1 Å². The average molecular weight is 524 g/mol. The van der Waals surface area contributed by atoms with Gasteiger partial charge in [0.05, 0.1) is 25.2 Å². The van der Waals surface area contributed by atoms with Crippen LogP contribution in [-0.2, 0) is 4.79 Å². The zero-order valence-electron chi connectivity index (χ0n) is 16.7. The number of piperidine rings is 1. The minimum Gasteiger partial charge on any atom is -1.00 e. The van der Waals surface area contributed by atoms with Crippen molar-refractivity contribution in [1.82, 2.24) is 0 Å². The number of benzene rings is 2. The molecule has 2 nitrogen and oxygen atoms in total. The van der Waals surface area contributed by atoms with Crippen molar-refractivity contribution >= 4 is 41.5 Å². The highest BCUT2D eigenvalue weighted by molar-refractivity contribution is 7.98. The maximum absolute atomic E-state index is 13.1. The van der Waals surface area contributed by atoms with Crippen LogP contribution in [0.25, 0.3) is 12.2 Å². The lowest BCUT2D eigenvalue weighted by Gasteiger charge is -2.35. The molecule has 0 aliphatic carbocycles. The maximum Gasteiger partial charge on any atom is 0.196 e. The molecule has 148 valence electrons. The summed E-state index contributed by atoms with van der Waals surface area (Å²) in [6, 6.07) is 16.8. The SMILES string of the molecule is CSc1ccc(/C=C2/C[N+](C)(C)C/C(=C\c3ccc(SC)cc3)C2=O)cc1.[I-]. The number of ketones is 1. The summed E-state index contributed by atoms with van der Waals surface area (Å²) in [5.41, 5.74) is 3.94. The first kappa shape index (κ1) is 23.3. The van der Waals surface area contributed by atoms with Gasteiger partial charge in [-0.2, -0.15) is 0 Å². The largest absolute Gasteiger partial charge is 1.00 e. The van der Waals surface area contributed by atoms with E-state index in [1.54, 1.807) is 23.5 Å². The molecule has 1 heterocycles. The Balaban J connectivity index is 0.00000280. The summed E-state index contributed by atoms with van der Waals surface area (Å²) in [7, 11) is 4.36. The lowest BCUT2D eigenvalue weighted by atomic mass is 9.93. The quantitative estimate of drug-likeness (QED) is 0.265. The Kier molecular flexibility index (Phi) is 8.43. The van der Waals surface area contributed by atoms with Crippen molar-refractivity contribution in [1.29, 1.82) is 0 Å². The van der Waals surface area contributed by atoms with E-state index in [9.17, 15) is 4.79 Å². The van der Waals surface area contributed by atoms with Crippen molar-refractivity contribution in [3.63, 3.8) is 0 Å². The van der Waals surface area contributed by atoms with Crippen LogP contribution in [0.4, 0.5) is 0 Å². The fourth-order valence-corrected chi connectivity index (χ4v) is 4.17. The molecule has 1 aliphatic rings. The smallest absolute Gasteiger partial charge is 0.196 e. The summed E-state index contributed by atoms with van der Waals surface area (Å²) in [4.78, 5) is 15.6. The number of rotatable bonds is 4. The summed E-state index contributed by atoms with van der Waals surface area (Å²) in [5.74, 6) is 0.176. The number of likely N-dealkylation sites (tertiary alicyclic amines) is 1. The fraction of sp³-hybridized carbons (Fsp3) is 0.261. The lowest BCUT2D eigenvalue weighted by Crippen LogP contribution is -3.00. The number of Topliss-reactive ketones (excluding diaryl/α,β-unsaturated/α-hetero) is 1. The van der Waals surface area contributed by atoms with E-state index in [1.165, 1.54) is 9.79 Å². The lowest BCUT2D eigenvalue weighted by molar-refractivity contribution is -0.881. The predicted octanol–water partition coefficient (Wildman–Crippen LogP) is 2.26. The molecule has 1 saturated heterocycles. The van der Waals surface area contributed by atoms with E-state index in [2.05, 4.69) is 87.3 Å². The highest BCUT2D eigenvalue weighted by atomic mass is 127. The van der Waals surface area contributed by atoms with Crippen molar-refractivity contribution in [2.45, 2.75) is 9.79 Å². The number of likely N-dealkylation sites (N-methyl/N-ethyl adjacent to an activating group) is 1. The maximum atomic E-state index is 13.1. The molecule has 0 saturated carbocycles. The summed E-state index contributed by atoms with van der Waals surface area (Å²) in [6.45, 7) is 1.51. The first-order chi connectivity index (χ1) is 12.9. The van der Waals surface area contributed by atoms with E-state index < -0.39 is 0 Å². The topological polar surface area (TPSA) is 17.1 Å². The summed E-state index contributed by atoms with van der Waals surface area (Å²) >= 11 is 3.45. The van der Waals surface area contributed by atoms with Crippen LogP contribution in [0.3, 0.4) is 0 Å². The van der Waals surface area contributed by atoms with Gasteiger partial charge in [-0.1, -0.05) is 24.3 Å². The summed E-state index contributed by atoms with van der Waals surface area (Å²) in [5, 5.41) is 0. The van der Waals surface area contributed by atoms with E-state index in [4.69, 9.17) is 0 Å². The fourth-order valence-electron chi connectivity index (χ4n) is 3.35. The van der Waals surface area contributed by atoms with Crippen LogP contribution in [0.2, 0.25) is 0 Å². The molecule has 0 atom stereocenters. The van der Waals surface area contributed by atoms with Crippen molar-refractivity contribution in [2.24, 2.45) is 0 Å². The summed E-state index contributed by atoms with van der Waals surface area (Å²) < 4.78 is 0.787. The molecule has 0 aromatic heterocycles. The van der Waals surface area contributed by atoms with E-state index in [0.29, 0.717) is 0 Å². The van der Waals surface area contributed by atoms with Crippen LogP contribution in [0.15, 0.2) is 69.5 Å². The molecule has 1 aliphatic heterocycles. The number of quaternary nitrogens is 1. The third kappa shape index (κ3) is 5.99. The second-order valence-electron chi connectivity index (χ2n) is 7.47. The van der Waals surface area contributed by atoms with E-state index in [0.717, 1.165) is 39.8 Å². The predicted molar refractivity (Wildman–Crippen MR) is 119 cm³/mol. The van der Waals surface area contributed by atoms with Gasteiger partial charge in [-0.15, -0.1) is 23.5 Å². The van der Waals surface area contributed by atoms with Crippen LogP contribution >= 0.6 is 23.5 Å². The Bertz CT molecular complexity index is 812. The van der Waals surface area contributed by atoms with E-state index >= 15 is 0 Å². The van der Waals surface area contributed by atoms with Gasteiger partial charge in [0.25, 0.3) is 0 Å². The first-order valence-corrected chi connectivity index (χ1v) is 11.4. The molecule has 0 unspecified atom stereocenters. The van der Waals surface area contributed by atoms with Gasteiger partial charge in [0, 0.05) is 9.79 Å². The minimum absolute atomic E-state index is 0. The number of hydrogen-bond donors (Lipinski definition) is 0. The van der Waals surface area contributed by atoms with Crippen molar-refractivity contribution < 1.29 is 33.3 Å². The monoisotopic (exact) mass is 523 g/mol. The van der Waals surface area contributed by atoms with Gasteiger partial charge in [-0.3, -0.25) is 4.79 Å². The van der Waals surface area contributed by atoms with Crippen LogP contribution in [0.1, 0.15) is 11.1 Å². The molecule has 0 radical (unpaired) electrons. The molecular weight excluding hydrogens is 497 g/mol. The Morgan fingerprint density at radius 3 is 1.43 bits per heavy atom. The van der Waals surface area contributed by atoms with Gasteiger partial charge in [-0.25, -0.2) is 0 Å². The second kappa shape index (κ2) is 10.1. The van der Waals surface area contributed by atoms with Gasteiger partial charge in [0.1, 0.15) is 13.1 Å². The third-order valence-electron chi connectivity index (χ3n) is 4.69. The zero-order chi connectivity index (χ0) is 19.4. The molecule has 2 aromatic rings. The molecular formula is C23H26INOS2. The average Bonchev–Trinajstić information content (AvgIpc) is 2.66. The number of carbonyl (C=O) groups excluding carboxylic acids is 1. The number of hydrogen-bond acceptors (Lipinski definition) is 3. The standard InChI is InChI=1S/C23H26NOS2.HI/c1-24(2)15-19(13-17-5-9-21(26-3)10-6-17)23(25)20(16-24)14-18-7-11-22(27-4)12-8-18;/h5-14H,15-16H2,1-4H3;1H/q+1;/p-1/b19-13-,20-14+;. The zero-order valence-corrected chi connectivity index (χ0v) is 20.5. The van der Waals surface area contributed by atoms with Crippen molar-refractivity contribution in [3.05, 3.63) is 70.8 Å². The summed E-state index contributed by atoms with van der Waals surface area (Å²) in [6.07, 6.45) is 8.24. The first-order valence-electron chi connectivity index (χ1n) is 8.96.